The first-order valence-electron chi connectivity index (χ1n) is 7.53. The monoisotopic (exact) mass is 325 g/mol. The van der Waals surface area contributed by atoms with E-state index >= 15 is 0 Å². The fraction of sp³-hybridized carbons (Fsp3) is 0.562. The van der Waals surface area contributed by atoms with Gasteiger partial charge in [0.2, 0.25) is 0 Å². The summed E-state index contributed by atoms with van der Waals surface area (Å²) in [7, 11) is 1.35. The molecule has 120 valence electrons. The highest BCUT2D eigenvalue weighted by atomic mass is 35.5. The van der Waals surface area contributed by atoms with Crippen molar-refractivity contribution < 1.29 is 19.0 Å². The van der Waals surface area contributed by atoms with Gasteiger partial charge in [0.1, 0.15) is 12.7 Å². The Morgan fingerprint density at radius 3 is 2.77 bits per heavy atom. The maximum absolute atomic E-state index is 11.9. The molecule has 0 spiro atoms. The second-order valence-corrected chi connectivity index (χ2v) is 6.14. The smallest absolute Gasteiger partial charge is 0.338 e. The molecule has 0 bridgehead atoms. The highest BCUT2D eigenvalue weighted by molar-refractivity contribution is 6.32. The van der Waals surface area contributed by atoms with Gasteiger partial charge in [-0.2, -0.15) is 0 Å². The number of rotatable bonds is 2. The number of esters is 1. The number of hydrogen-bond donors (Lipinski definition) is 1. The van der Waals surface area contributed by atoms with Crippen LogP contribution in [0.15, 0.2) is 6.07 Å². The Morgan fingerprint density at radius 2 is 2.09 bits per heavy atom. The number of halogens is 1. The predicted octanol–water partition coefficient (Wildman–Crippen LogP) is 2.57. The molecule has 0 unspecified atom stereocenters. The number of carbonyl (C=O) groups excluding carboxylic acids is 1. The lowest BCUT2D eigenvalue weighted by Gasteiger charge is -2.35. The van der Waals surface area contributed by atoms with Crippen molar-refractivity contribution >= 4 is 17.6 Å². The van der Waals surface area contributed by atoms with E-state index < -0.39 is 5.97 Å². The lowest BCUT2D eigenvalue weighted by atomic mass is 9.92. The van der Waals surface area contributed by atoms with E-state index in [9.17, 15) is 4.79 Å². The minimum atomic E-state index is -0.421. The van der Waals surface area contributed by atoms with E-state index in [1.54, 1.807) is 6.07 Å². The number of fused-ring (bicyclic) bond motifs is 1. The Morgan fingerprint density at radius 1 is 1.36 bits per heavy atom. The van der Waals surface area contributed by atoms with Gasteiger partial charge in [0.25, 0.3) is 0 Å². The molecular formula is C16H20ClNO4. The van der Waals surface area contributed by atoms with E-state index in [4.69, 9.17) is 25.8 Å². The number of benzene rings is 1. The maximum atomic E-state index is 11.9. The number of carbonyl (C=O) groups is 1. The zero-order chi connectivity index (χ0) is 15.7. The van der Waals surface area contributed by atoms with Crippen molar-refractivity contribution in [2.24, 2.45) is 5.92 Å². The van der Waals surface area contributed by atoms with Crippen LogP contribution in [0, 0.1) is 12.8 Å². The van der Waals surface area contributed by atoms with Crippen LogP contribution in [0.4, 0.5) is 0 Å². The van der Waals surface area contributed by atoms with Crippen LogP contribution >= 0.6 is 11.6 Å². The van der Waals surface area contributed by atoms with Crippen molar-refractivity contribution in [1.82, 2.24) is 5.32 Å². The van der Waals surface area contributed by atoms with Gasteiger partial charge < -0.3 is 19.5 Å². The molecule has 3 rings (SSSR count). The Balaban J connectivity index is 1.91. The van der Waals surface area contributed by atoms with Crippen molar-refractivity contribution in [3.05, 3.63) is 22.2 Å². The van der Waals surface area contributed by atoms with Crippen LogP contribution in [-0.4, -0.2) is 38.9 Å². The summed E-state index contributed by atoms with van der Waals surface area (Å²) in [6, 6.07) is 1.58. The number of ether oxygens (including phenoxy) is 3. The molecular weight excluding hydrogens is 306 g/mol. The third kappa shape index (κ3) is 2.75. The van der Waals surface area contributed by atoms with Gasteiger partial charge in [-0.05, 0) is 38.9 Å². The van der Waals surface area contributed by atoms with E-state index in [0.29, 0.717) is 40.2 Å². The topological polar surface area (TPSA) is 56.8 Å². The fourth-order valence-electron chi connectivity index (χ4n) is 3.10. The number of piperidine rings is 1. The van der Waals surface area contributed by atoms with Gasteiger partial charge in [-0.15, -0.1) is 0 Å². The molecule has 1 aromatic carbocycles. The molecule has 1 N–H and O–H groups in total. The van der Waals surface area contributed by atoms with E-state index in [1.165, 1.54) is 7.11 Å². The van der Waals surface area contributed by atoms with Crippen LogP contribution in [-0.2, 0) is 4.74 Å². The zero-order valence-corrected chi connectivity index (χ0v) is 13.5. The quantitative estimate of drug-likeness (QED) is 0.847. The molecule has 2 aliphatic heterocycles. The summed E-state index contributed by atoms with van der Waals surface area (Å²) >= 11 is 6.23. The van der Waals surface area contributed by atoms with Crippen molar-refractivity contribution in [2.75, 3.05) is 26.8 Å². The molecule has 1 aromatic rings. The van der Waals surface area contributed by atoms with Crippen molar-refractivity contribution in [3.8, 4) is 11.5 Å². The lowest BCUT2D eigenvalue weighted by Crippen LogP contribution is -2.42. The molecule has 6 heteroatoms. The van der Waals surface area contributed by atoms with Gasteiger partial charge in [-0.1, -0.05) is 11.6 Å². The highest BCUT2D eigenvalue weighted by Gasteiger charge is 2.33. The second-order valence-electron chi connectivity index (χ2n) is 5.74. The Labute approximate surface area is 134 Å². The van der Waals surface area contributed by atoms with Crippen LogP contribution in [0.5, 0.6) is 11.5 Å². The van der Waals surface area contributed by atoms with Crippen molar-refractivity contribution in [1.29, 1.82) is 0 Å². The minimum Gasteiger partial charge on any atom is -0.484 e. The van der Waals surface area contributed by atoms with Crippen LogP contribution in [0.1, 0.15) is 28.8 Å². The average molecular weight is 326 g/mol. The predicted molar refractivity (Wildman–Crippen MR) is 83.0 cm³/mol. The van der Waals surface area contributed by atoms with E-state index in [2.05, 4.69) is 5.32 Å². The van der Waals surface area contributed by atoms with Crippen LogP contribution in [0.2, 0.25) is 5.02 Å². The summed E-state index contributed by atoms with van der Waals surface area (Å²) in [5.41, 5.74) is 1.13. The van der Waals surface area contributed by atoms with Crippen molar-refractivity contribution in [2.45, 2.75) is 25.9 Å². The van der Waals surface area contributed by atoms with Crippen LogP contribution < -0.4 is 14.8 Å². The summed E-state index contributed by atoms with van der Waals surface area (Å²) in [6.07, 6.45) is 2.12. The number of methoxy groups -OCH3 is 1. The molecule has 0 saturated carbocycles. The van der Waals surface area contributed by atoms with Gasteiger partial charge in [0.15, 0.2) is 11.5 Å². The first-order chi connectivity index (χ1) is 10.6. The number of hydrogen-bond acceptors (Lipinski definition) is 5. The molecule has 0 aromatic heterocycles. The Kier molecular flexibility index (Phi) is 4.45. The normalized spacial score (nSPS) is 21.5. The molecule has 0 radical (unpaired) electrons. The largest absolute Gasteiger partial charge is 0.484 e. The minimum absolute atomic E-state index is 0.00253. The molecule has 2 heterocycles. The highest BCUT2D eigenvalue weighted by Crippen LogP contribution is 2.44. The molecule has 1 saturated heterocycles. The Bertz CT molecular complexity index is 584. The number of nitrogens with one attached hydrogen (secondary N) is 1. The van der Waals surface area contributed by atoms with Crippen LogP contribution in [0.25, 0.3) is 0 Å². The molecule has 1 atom stereocenters. The summed E-state index contributed by atoms with van der Waals surface area (Å²) < 4.78 is 16.8. The first kappa shape index (κ1) is 15.4. The molecule has 2 aliphatic rings. The molecule has 0 amide bonds. The van der Waals surface area contributed by atoms with E-state index in [1.807, 2.05) is 6.92 Å². The van der Waals surface area contributed by atoms with Gasteiger partial charge in [0, 0.05) is 11.5 Å². The van der Waals surface area contributed by atoms with Gasteiger partial charge >= 0.3 is 5.97 Å². The SMILES string of the molecule is COC(=O)c1cc(Cl)c2c(c1C)O[C@@H](C1CCNCC1)CO2. The average Bonchev–Trinajstić information content (AvgIpc) is 2.57. The Hall–Kier alpha value is -1.46. The van der Waals surface area contributed by atoms with E-state index in [-0.39, 0.29) is 6.10 Å². The molecule has 22 heavy (non-hydrogen) atoms. The molecule has 0 aliphatic carbocycles. The third-order valence-electron chi connectivity index (χ3n) is 4.41. The maximum Gasteiger partial charge on any atom is 0.338 e. The zero-order valence-electron chi connectivity index (χ0n) is 12.8. The fourth-order valence-corrected chi connectivity index (χ4v) is 3.35. The third-order valence-corrected chi connectivity index (χ3v) is 4.70. The molecule has 5 nitrogen and oxygen atoms in total. The summed E-state index contributed by atoms with van der Waals surface area (Å²) in [5, 5.41) is 3.73. The van der Waals surface area contributed by atoms with Gasteiger partial charge in [0.05, 0.1) is 17.7 Å². The second kappa shape index (κ2) is 6.34. The first-order valence-corrected chi connectivity index (χ1v) is 7.91. The van der Waals surface area contributed by atoms with E-state index in [0.717, 1.165) is 25.9 Å². The van der Waals surface area contributed by atoms with Gasteiger partial charge in [-0.3, -0.25) is 0 Å². The standard InChI is InChI=1S/C16H20ClNO4/c1-9-11(16(19)20-2)7-12(17)15-14(9)22-13(8-21-15)10-3-5-18-6-4-10/h7,10,13,18H,3-6,8H2,1-2H3/t13-/m1/s1. The van der Waals surface area contributed by atoms with Crippen LogP contribution in [0.3, 0.4) is 0 Å². The van der Waals surface area contributed by atoms with Gasteiger partial charge in [-0.25, -0.2) is 4.79 Å². The summed E-state index contributed by atoms with van der Waals surface area (Å²) in [6.45, 7) is 4.32. The van der Waals surface area contributed by atoms with Crippen molar-refractivity contribution in [3.63, 3.8) is 0 Å². The lowest BCUT2D eigenvalue weighted by molar-refractivity contribution is 0.0355. The molecule has 1 fully saturated rings. The summed E-state index contributed by atoms with van der Waals surface area (Å²) in [4.78, 5) is 11.9. The summed E-state index contributed by atoms with van der Waals surface area (Å²) in [5.74, 6) is 1.13.